The normalized spacial score (nSPS) is 9.83. The van der Waals surface area contributed by atoms with Crippen LogP contribution in [0, 0.1) is 5.82 Å². The van der Waals surface area contributed by atoms with Crippen molar-refractivity contribution in [3.8, 4) is 0 Å². The van der Waals surface area contributed by atoms with Gasteiger partial charge in [0.2, 0.25) is 0 Å². The van der Waals surface area contributed by atoms with Crippen molar-refractivity contribution in [3.05, 3.63) is 59.9 Å². The largest absolute Gasteiger partial charge is 0.453 e. The number of benzene rings is 2. The standard InChI is InChI=1S/C16H16FN3O3/c1-23-16(22)20-14-7-5-13(6-8-14)19-15(21)18-10-11-3-2-4-12(17)9-11/h2-9H,10H2,1H3,(H,20,22)(H2,18,19,21). The van der Waals surface area contributed by atoms with Gasteiger partial charge in [0.05, 0.1) is 7.11 Å². The highest BCUT2D eigenvalue weighted by Gasteiger charge is 2.04. The van der Waals surface area contributed by atoms with E-state index in [2.05, 4.69) is 20.7 Å². The second-order valence-electron chi connectivity index (χ2n) is 4.63. The van der Waals surface area contributed by atoms with Gasteiger partial charge in [-0.05, 0) is 42.0 Å². The summed E-state index contributed by atoms with van der Waals surface area (Å²) >= 11 is 0. The van der Waals surface area contributed by atoms with E-state index in [0.29, 0.717) is 16.9 Å². The molecule has 0 aliphatic carbocycles. The van der Waals surface area contributed by atoms with Crippen LogP contribution in [0.2, 0.25) is 0 Å². The predicted molar refractivity (Wildman–Crippen MR) is 84.7 cm³/mol. The summed E-state index contributed by atoms with van der Waals surface area (Å²) in [5.41, 5.74) is 1.76. The molecule has 0 bridgehead atoms. The molecule has 0 radical (unpaired) electrons. The van der Waals surface area contributed by atoms with Gasteiger partial charge in [-0.25, -0.2) is 14.0 Å². The van der Waals surface area contributed by atoms with E-state index in [1.807, 2.05) is 0 Å². The van der Waals surface area contributed by atoms with Gasteiger partial charge in [0.25, 0.3) is 0 Å². The first-order chi connectivity index (χ1) is 11.1. The van der Waals surface area contributed by atoms with E-state index < -0.39 is 12.1 Å². The molecule has 2 aromatic carbocycles. The summed E-state index contributed by atoms with van der Waals surface area (Å²) in [6, 6.07) is 12.1. The Bertz CT molecular complexity index is 689. The number of nitrogens with one attached hydrogen (secondary N) is 3. The van der Waals surface area contributed by atoms with Crippen molar-refractivity contribution in [3.63, 3.8) is 0 Å². The van der Waals surface area contributed by atoms with Crippen LogP contribution in [0.1, 0.15) is 5.56 Å². The Morgan fingerprint density at radius 1 is 1.04 bits per heavy atom. The number of anilines is 2. The minimum atomic E-state index is -0.571. The Hall–Kier alpha value is -3.09. The zero-order chi connectivity index (χ0) is 16.7. The number of carbonyl (C=O) groups excluding carboxylic acids is 2. The summed E-state index contributed by atoms with van der Waals surface area (Å²) in [5.74, 6) is -0.349. The Labute approximate surface area is 132 Å². The molecule has 7 heteroatoms. The van der Waals surface area contributed by atoms with Crippen molar-refractivity contribution < 1.29 is 18.7 Å². The van der Waals surface area contributed by atoms with Crippen molar-refractivity contribution in [1.82, 2.24) is 5.32 Å². The van der Waals surface area contributed by atoms with Crippen LogP contribution in [-0.4, -0.2) is 19.2 Å². The van der Waals surface area contributed by atoms with Gasteiger partial charge in [-0.3, -0.25) is 5.32 Å². The average molecular weight is 317 g/mol. The summed E-state index contributed by atoms with van der Waals surface area (Å²) in [5, 5.41) is 7.76. The number of urea groups is 1. The topological polar surface area (TPSA) is 79.5 Å². The minimum Gasteiger partial charge on any atom is -0.453 e. The fourth-order valence-electron chi connectivity index (χ4n) is 1.81. The summed E-state index contributed by atoms with van der Waals surface area (Å²) in [7, 11) is 1.27. The van der Waals surface area contributed by atoms with Crippen molar-refractivity contribution in [2.45, 2.75) is 6.54 Å². The molecule has 3 N–H and O–H groups in total. The van der Waals surface area contributed by atoms with Gasteiger partial charge >= 0.3 is 12.1 Å². The van der Waals surface area contributed by atoms with E-state index in [1.54, 1.807) is 36.4 Å². The molecule has 0 spiro atoms. The van der Waals surface area contributed by atoms with Crippen LogP contribution < -0.4 is 16.0 Å². The van der Waals surface area contributed by atoms with Gasteiger partial charge in [-0.15, -0.1) is 0 Å². The van der Waals surface area contributed by atoms with E-state index in [-0.39, 0.29) is 12.4 Å². The van der Waals surface area contributed by atoms with Gasteiger partial charge < -0.3 is 15.4 Å². The third kappa shape index (κ3) is 5.31. The van der Waals surface area contributed by atoms with Crippen LogP contribution in [0.15, 0.2) is 48.5 Å². The summed E-state index contributed by atoms with van der Waals surface area (Å²) < 4.78 is 17.5. The monoisotopic (exact) mass is 317 g/mol. The zero-order valence-corrected chi connectivity index (χ0v) is 12.4. The molecule has 0 aliphatic rings. The quantitative estimate of drug-likeness (QED) is 0.809. The molecule has 0 heterocycles. The summed E-state index contributed by atoms with van der Waals surface area (Å²) in [6.45, 7) is 0.214. The van der Waals surface area contributed by atoms with Crippen molar-refractivity contribution in [1.29, 1.82) is 0 Å². The molecule has 2 aromatic rings. The van der Waals surface area contributed by atoms with Gasteiger partial charge in [0.15, 0.2) is 0 Å². The predicted octanol–water partition coefficient (Wildman–Crippen LogP) is 3.33. The molecule has 120 valence electrons. The lowest BCUT2D eigenvalue weighted by Crippen LogP contribution is -2.28. The molecule has 0 aromatic heterocycles. The molecule has 0 saturated carbocycles. The van der Waals surface area contributed by atoms with E-state index in [4.69, 9.17) is 0 Å². The Morgan fingerprint density at radius 2 is 1.70 bits per heavy atom. The number of halogens is 1. The average Bonchev–Trinajstić information content (AvgIpc) is 2.55. The first kappa shape index (κ1) is 16.3. The minimum absolute atomic E-state index is 0.214. The van der Waals surface area contributed by atoms with Crippen molar-refractivity contribution >= 4 is 23.5 Å². The van der Waals surface area contributed by atoms with E-state index in [0.717, 1.165) is 0 Å². The maximum atomic E-state index is 13.0. The van der Waals surface area contributed by atoms with Crippen LogP contribution in [-0.2, 0) is 11.3 Å². The van der Waals surface area contributed by atoms with Crippen LogP contribution in [0.25, 0.3) is 0 Å². The highest BCUT2D eigenvalue weighted by atomic mass is 19.1. The number of hydrogen-bond acceptors (Lipinski definition) is 3. The molecule has 0 aliphatic heterocycles. The highest BCUT2D eigenvalue weighted by molar-refractivity contribution is 5.90. The molecular weight excluding hydrogens is 301 g/mol. The number of carbonyl (C=O) groups is 2. The second kappa shape index (κ2) is 7.79. The maximum absolute atomic E-state index is 13.0. The summed E-state index contributed by atoms with van der Waals surface area (Å²) in [6.07, 6.45) is -0.571. The van der Waals surface area contributed by atoms with Gasteiger partial charge in [-0.1, -0.05) is 12.1 Å². The molecule has 0 atom stereocenters. The molecule has 0 saturated heterocycles. The van der Waals surface area contributed by atoms with Crippen molar-refractivity contribution in [2.24, 2.45) is 0 Å². The third-order valence-electron chi connectivity index (χ3n) is 2.92. The first-order valence-corrected chi connectivity index (χ1v) is 6.81. The fourth-order valence-corrected chi connectivity index (χ4v) is 1.81. The highest BCUT2D eigenvalue weighted by Crippen LogP contribution is 2.13. The lowest BCUT2D eigenvalue weighted by molar-refractivity contribution is 0.187. The second-order valence-corrected chi connectivity index (χ2v) is 4.63. The third-order valence-corrected chi connectivity index (χ3v) is 2.92. The Kier molecular flexibility index (Phi) is 5.51. The Balaban J connectivity index is 1.84. The molecule has 0 fully saturated rings. The SMILES string of the molecule is COC(=O)Nc1ccc(NC(=O)NCc2cccc(F)c2)cc1. The van der Waals surface area contributed by atoms with Gasteiger partial charge in [0, 0.05) is 17.9 Å². The van der Waals surface area contributed by atoms with Gasteiger partial charge in [-0.2, -0.15) is 0 Å². The van der Waals surface area contributed by atoms with E-state index >= 15 is 0 Å². The molecule has 6 nitrogen and oxygen atoms in total. The lowest BCUT2D eigenvalue weighted by atomic mass is 10.2. The van der Waals surface area contributed by atoms with Crippen LogP contribution in [0.4, 0.5) is 25.4 Å². The number of ether oxygens (including phenoxy) is 1. The molecule has 0 unspecified atom stereocenters. The fraction of sp³-hybridized carbons (Fsp3) is 0.125. The smallest absolute Gasteiger partial charge is 0.411 e. The maximum Gasteiger partial charge on any atom is 0.411 e. The molecule has 3 amide bonds. The number of amides is 3. The van der Waals surface area contributed by atoms with Crippen LogP contribution in [0.3, 0.4) is 0 Å². The summed E-state index contributed by atoms with van der Waals surface area (Å²) in [4.78, 5) is 22.8. The van der Waals surface area contributed by atoms with Crippen molar-refractivity contribution in [2.75, 3.05) is 17.7 Å². The number of methoxy groups -OCH3 is 1. The zero-order valence-electron chi connectivity index (χ0n) is 12.4. The first-order valence-electron chi connectivity index (χ1n) is 6.81. The lowest BCUT2D eigenvalue weighted by Gasteiger charge is -2.09. The molecular formula is C16H16FN3O3. The van der Waals surface area contributed by atoms with E-state index in [9.17, 15) is 14.0 Å². The molecule has 2 rings (SSSR count). The van der Waals surface area contributed by atoms with Crippen LogP contribution >= 0.6 is 0 Å². The molecule has 23 heavy (non-hydrogen) atoms. The van der Waals surface area contributed by atoms with Crippen LogP contribution in [0.5, 0.6) is 0 Å². The van der Waals surface area contributed by atoms with E-state index in [1.165, 1.54) is 19.2 Å². The Morgan fingerprint density at radius 3 is 2.30 bits per heavy atom. The van der Waals surface area contributed by atoms with Gasteiger partial charge in [0.1, 0.15) is 5.82 Å². The number of rotatable bonds is 4. The number of hydrogen-bond donors (Lipinski definition) is 3.